The topological polar surface area (TPSA) is 12.0 Å². The summed E-state index contributed by atoms with van der Waals surface area (Å²) in [7, 11) is 0. The van der Waals surface area contributed by atoms with Crippen LogP contribution in [0.15, 0.2) is 24.3 Å². The fourth-order valence-electron chi connectivity index (χ4n) is 2.20. The van der Waals surface area contributed by atoms with E-state index >= 15 is 0 Å². The van der Waals surface area contributed by atoms with E-state index in [9.17, 15) is 13.2 Å². The Hall–Kier alpha value is -1.03. The van der Waals surface area contributed by atoms with Crippen LogP contribution >= 0.6 is 0 Å². The number of alkyl halides is 3. The Balaban J connectivity index is 2.47. The van der Waals surface area contributed by atoms with E-state index in [4.69, 9.17) is 0 Å². The average Bonchev–Trinajstić information content (AvgIpc) is 2.33. The second kappa shape index (κ2) is 7.53. The molecule has 0 aliphatic carbocycles. The Labute approximate surface area is 113 Å². The molecule has 1 aromatic rings. The normalized spacial score (nSPS) is 13.5. The molecular formula is C15H22F3N. The molecule has 1 aromatic carbocycles. The van der Waals surface area contributed by atoms with Crippen molar-refractivity contribution in [1.29, 1.82) is 0 Å². The predicted octanol–water partition coefficient (Wildman–Crippen LogP) is 4.25. The molecule has 1 atom stereocenters. The van der Waals surface area contributed by atoms with E-state index in [1.54, 1.807) is 0 Å². The summed E-state index contributed by atoms with van der Waals surface area (Å²) in [5.41, 5.74) is 2.42. The van der Waals surface area contributed by atoms with Crippen LogP contribution in [0.5, 0.6) is 0 Å². The summed E-state index contributed by atoms with van der Waals surface area (Å²) in [4.78, 5) is 0. The van der Waals surface area contributed by atoms with Crippen LogP contribution in [0.25, 0.3) is 0 Å². The zero-order valence-corrected chi connectivity index (χ0v) is 11.6. The minimum atomic E-state index is -4.06. The number of hydrogen-bond donors (Lipinski definition) is 1. The van der Waals surface area contributed by atoms with Gasteiger partial charge in [-0.25, -0.2) is 0 Å². The number of benzene rings is 1. The lowest BCUT2D eigenvalue weighted by Gasteiger charge is -2.19. The molecule has 1 rings (SSSR count). The van der Waals surface area contributed by atoms with E-state index in [0.717, 1.165) is 12.8 Å². The van der Waals surface area contributed by atoms with Crippen molar-refractivity contribution in [3.63, 3.8) is 0 Å². The molecular weight excluding hydrogens is 251 g/mol. The van der Waals surface area contributed by atoms with E-state index in [2.05, 4.69) is 5.32 Å². The first-order chi connectivity index (χ1) is 8.92. The highest BCUT2D eigenvalue weighted by Gasteiger charge is 2.28. The molecule has 1 N–H and O–H groups in total. The molecule has 0 saturated heterocycles. The van der Waals surface area contributed by atoms with Crippen LogP contribution in [0.2, 0.25) is 0 Å². The highest BCUT2D eigenvalue weighted by atomic mass is 19.4. The second-order valence-electron chi connectivity index (χ2n) is 4.87. The average molecular weight is 273 g/mol. The molecule has 0 aliphatic rings. The highest BCUT2D eigenvalue weighted by molar-refractivity contribution is 5.25. The first-order valence-corrected chi connectivity index (χ1v) is 6.77. The molecule has 0 bridgehead atoms. The van der Waals surface area contributed by atoms with Gasteiger partial charge in [0.1, 0.15) is 0 Å². The third-order valence-electron chi connectivity index (χ3n) is 3.29. The van der Waals surface area contributed by atoms with Crippen molar-refractivity contribution in [1.82, 2.24) is 5.32 Å². The fourth-order valence-corrected chi connectivity index (χ4v) is 2.20. The van der Waals surface area contributed by atoms with Crippen LogP contribution in [0.3, 0.4) is 0 Å². The minimum absolute atomic E-state index is 0.0637. The monoisotopic (exact) mass is 273 g/mol. The molecule has 0 saturated carbocycles. The van der Waals surface area contributed by atoms with E-state index in [1.807, 2.05) is 38.1 Å². The molecule has 4 heteroatoms. The maximum Gasteiger partial charge on any atom is 0.389 e. The summed E-state index contributed by atoms with van der Waals surface area (Å²) >= 11 is 0. The van der Waals surface area contributed by atoms with Gasteiger partial charge in [-0.2, -0.15) is 13.2 Å². The quantitative estimate of drug-likeness (QED) is 0.783. The van der Waals surface area contributed by atoms with Crippen LogP contribution in [-0.4, -0.2) is 18.8 Å². The van der Waals surface area contributed by atoms with Gasteiger partial charge in [-0.15, -0.1) is 0 Å². The molecule has 0 spiro atoms. The van der Waals surface area contributed by atoms with Crippen molar-refractivity contribution in [2.24, 2.45) is 0 Å². The van der Waals surface area contributed by atoms with E-state index in [1.165, 1.54) is 11.1 Å². The zero-order valence-electron chi connectivity index (χ0n) is 11.6. The van der Waals surface area contributed by atoms with Gasteiger partial charge < -0.3 is 5.32 Å². The van der Waals surface area contributed by atoms with E-state index < -0.39 is 12.6 Å². The second-order valence-corrected chi connectivity index (χ2v) is 4.87. The van der Waals surface area contributed by atoms with Gasteiger partial charge in [-0.1, -0.05) is 31.2 Å². The molecule has 0 fully saturated rings. The first-order valence-electron chi connectivity index (χ1n) is 6.77. The maximum absolute atomic E-state index is 12.3. The summed E-state index contributed by atoms with van der Waals surface area (Å²) in [5, 5.41) is 3.14. The van der Waals surface area contributed by atoms with Gasteiger partial charge in [0.15, 0.2) is 0 Å². The fraction of sp³-hybridized carbons (Fsp3) is 0.600. The van der Waals surface area contributed by atoms with E-state index in [-0.39, 0.29) is 12.5 Å². The highest BCUT2D eigenvalue weighted by Crippen LogP contribution is 2.23. The SMILES string of the molecule is CCNC(CCc1ccccc1C)CCC(F)(F)F. The largest absolute Gasteiger partial charge is 0.389 e. The number of aryl methyl sites for hydroxylation is 2. The molecule has 1 unspecified atom stereocenters. The van der Waals surface area contributed by atoms with Gasteiger partial charge in [-0.05, 0) is 43.9 Å². The number of rotatable bonds is 7. The van der Waals surface area contributed by atoms with Crippen LogP contribution in [0.4, 0.5) is 13.2 Å². The van der Waals surface area contributed by atoms with Crippen molar-refractivity contribution < 1.29 is 13.2 Å². The summed E-state index contributed by atoms with van der Waals surface area (Å²) in [6.45, 7) is 4.66. The molecule has 0 amide bonds. The third kappa shape index (κ3) is 6.62. The van der Waals surface area contributed by atoms with E-state index in [0.29, 0.717) is 6.54 Å². The van der Waals surface area contributed by atoms with Crippen LogP contribution in [0, 0.1) is 6.92 Å². The molecule has 0 aliphatic heterocycles. The van der Waals surface area contributed by atoms with Crippen molar-refractivity contribution in [3.8, 4) is 0 Å². The lowest BCUT2D eigenvalue weighted by atomic mass is 9.98. The third-order valence-corrected chi connectivity index (χ3v) is 3.29. The molecule has 0 heterocycles. The number of hydrogen-bond acceptors (Lipinski definition) is 1. The van der Waals surface area contributed by atoms with Crippen LogP contribution in [-0.2, 0) is 6.42 Å². The molecule has 1 nitrogen and oxygen atoms in total. The summed E-state index contributed by atoms with van der Waals surface area (Å²) in [6, 6.07) is 7.96. The Kier molecular flexibility index (Phi) is 6.35. The smallest absolute Gasteiger partial charge is 0.314 e. The Morgan fingerprint density at radius 1 is 1.16 bits per heavy atom. The van der Waals surface area contributed by atoms with Gasteiger partial charge in [0.2, 0.25) is 0 Å². The molecule has 0 aromatic heterocycles. The number of halogens is 3. The maximum atomic E-state index is 12.3. The van der Waals surface area contributed by atoms with Gasteiger partial charge in [-0.3, -0.25) is 0 Å². The van der Waals surface area contributed by atoms with Crippen molar-refractivity contribution in [3.05, 3.63) is 35.4 Å². The molecule has 108 valence electrons. The van der Waals surface area contributed by atoms with Gasteiger partial charge >= 0.3 is 6.18 Å². The van der Waals surface area contributed by atoms with Gasteiger partial charge in [0.25, 0.3) is 0 Å². The standard InChI is InChI=1S/C15H22F3N/c1-3-19-14(10-11-15(16,17)18)9-8-13-7-5-4-6-12(13)2/h4-7,14,19H,3,8-11H2,1-2H3. The summed E-state index contributed by atoms with van der Waals surface area (Å²) < 4.78 is 36.8. The zero-order chi connectivity index (χ0) is 14.3. The van der Waals surface area contributed by atoms with Crippen molar-refractivity contribution in [2.75, 3.05) is 6.54 Å². The van der Waals surface area contributed by atoms with Crippen molar-refractivity contribution in [2.45, 2.75) is 51.7 Å². The van der Waals surface area contributed by atoms with Crippen molar-refractivity contribution >= 4 is 0 Å². The van der Waals surface area contributed by atoms with Crippen LogP contribution < -0.4 is 5.32 Å². The van der Waals surface area contributed by atoms with Gasteiger partial charge in [0, 0.05) is 12.5 Å². The number of nitrogens with one attached hydrogen (secondary N) is 1. The Bertz CT molecular complexity index is 374. The molecule has 19 heavy (non-hydrogen) atoms. The Morgan fingerprint density at radius 3 is 2.42 bits per heavy atom. The lowest BCUT2D eigenvalue weighted by Crippen LogP contribution is -2.31. The predicted molar refractivity (Wildman–Crippen MR) is 72.3 cm³/mol. The minimum Gasteiger partial charge on any atom is -0.314 e. The molecule has 0 radical (unpaired) electrons. The van der Waals surface area contributed by atoms with Gasteiger partial charge in [0.05, 0.1) is 0 Å². The lowest BCUT2D eigenvalue weighted by molar-refractivity contribution is -0.136. The Morgan fingerprint density at radius 2 is 1.84 bits per heavy atom. The summed E-state index contributed by atoms with van der Waals surface area (Å²) in [6.07, 6.45) is -3.05. The first kappa shape index (κ1) is 16.0. The van der Waals surface area contributed by atoms with Crippen LogP contribution in [0.1, 0.15) is 37.3 Å². The summed E-state index contributed by atoms with van der Waals surface area (Å²) in [5.74, 6) is 0.